The Kier molecular flexibility index (Phi) is 3.40. The van der Waals surface area contributed by atoms with Crippen molar-refractivity contribution in [2.45, 2.75) is 47.0 Å². The first-order valence-corrected chi connectivity index (χ1v) is 4.96. The number of aromatic nitrogens is 2. The molecule has 0 saturated heterocycles. The van der Waals surface area contributed by atoms with E-state index in [1.54, 1.807) is 0 Å². The summed E-state index contributed by atoms with van der Waals surface area (Å²) >= 11 is 0. The van der Waals surface area contributed by atoms with Gasteiger partial charge in [0.15, 0.2) is 0 Å². The van der Waals surface area contributed by atoms with Crippen molar-refractivity contribution in [1.29, 1.82) is 0 Å². The van der Waals surface area contributed by atoms with Crippen LogP contribution in [0.4, 0.5) is 0 Å². The molecule has 0 amide bonds. The van der Waals surface area contributed by atoms with Gasteiger partial charge in [0.1, 0.15) is 0 Å². The van der Waals surface area contributed by atoms with Crippen molar-refractivity contribution in [3.05, 3.63) is 22.8 Å². The van der Waals surface area contributed by atoms with Crippen LogP contribution < -0.4 is 0 Å². The molecule has 0 radical (unpaired) electrons. The standard InChI is InChI=1S/C11H18N2/c1-5-6-7-11-10(4)12-8(2)9(3)13-11/h5-7H2,1-4H3. The van der Waals surface area contributed by atoms with Gasteiger partial charge in [-0.1, -0.05) is 13.3 Å². The topological polar surface area (TPSA) is 25.8 Å². The number of rotatable bonds is 3. The zero-order valence-corrected chi connectivity index (χ0v) is 9.02. The Labute approximate surface area is 80.4 Å². The van der Waals surface area contributed by atoms with Crippen LogP contribution in [0.3, 0.4) is 0 Å². The Morgan fingerprint density at radius 3 is 2.15 bits per heavy atom. The third kappa shape index (κ3) is 2.51. The Morgan fingerprint density at radius 1 is 0.923 bits per heavy atom. The van der Waals surface area contributed by atoms with Crippen molar-refractivity contribution in [1.82, 2.24) is 9.97 Å². The van der Waals surface area contributed by atoms with Gasteiger partial charge in [0.05, 0.1) is 22.8 Å². The van der Waals surface area contributed by atoms with E-state index in [0.29, 0.717) is 0 Å². The Bertz CT molecular complexity index is 292. The average Bonchev–Trinajstić information content (AvgIpc) is 2.09. The SMILES string of the molecule is CCCCc1nc(C)c(C)nc1C. The minimum absolute atomic E-state index is 1.05. The van der Waals surface area contributed by atoms with Crippen LogP contribution >= 0.6 is 0 Å². The van der Waals surface area contributed by atoms with Crippen molar-refractivity contribution in [2.24, 2.45) is 0 Å². The molecule has 0 aliphatic rings. The van der Waals surface area contributed by atoms with E-state index < -0.39 is 0 Å². The molecule has 0 atom stereocenters. The lowest BCUT2D eigenvalue weighted by Crippen LogP contribution is -2.02. The highest BCUT2D eigenvalue weighted by Gasteiger charge is 2.03. The number of aryl methyl sites for hydroxylation is 4. The molecule has 1 aromatic rings. The minimum atomic E-state index is 1.05. The molecule has 1 aromatic heterocycles. The molecule has 0 fully saturated rings. The second-order valence-corrected chi connectivity index (χ2v) is 3.53. The van der Waals surface area contributed by atoms with E-state index in [-0.39, 0.29) is 0 Å². The Morgan fingerprint density at radius 2 is 1.54 bits per heavy atom. The first-order valence-electron chi connectivity index (χ1n) is 4.96. The van der Waals surface area contributed by atoms with Gasteiger partial charge in [0.25, 0.3) is 0 Å². The predicted octanol–water partition coefficient (Wildman–Crippen LogP) is 2.74. The molecule has 0 N–H and O–H groups in total. The van der Waals surface area contributed by atoms with Crippen LogP contribution in [0.2, 0.25) is 0 Å². The molecule has 1 rings (SSSR count). The lowest BCUT2D eigenvalue weighted by molar-refractivity contribution is 0.756. The summed E-state index contributed by atoms with van der Waals surface area (Å²) in [4.78, 5) is 9.01. The second kappa shape index (κ2) is 4.35. The average molecular weight is 178 g/mol. The van der Waals surface area contributed by atoms with Crippen LogP contribution in [0.5, 0.6) is 0 Å². The van der Waals surface area contributed by atoms with E-state index in [4.69, 9.17) is 0 Å². The van der Waals surface area contributed by atoms with Gasteiger partial charge < -0.3 is 0 Å². The third-order valence-corrected chi connectivity index (χ3v) is 2.35. The van der Waals surface area contributed by atoms with Crippen molar-refractivity contribution in [3.63, 3.8) is 0 Å². The maximum Gasteiger partial charge on any atom is 0.0619 e. The first-order chi connectivity index (χ1) is 6.15. The van der Waals surface area contributed by atoms with Gasteiger partial charge in [-0.15, -0.1) is 0 Å². The van der Waals surface area contributed by atoms with Gasteiger partial charge in [-0.3, -0.25) is 9.97 Å². The highest BCUT2D eigenvalue weighted by molar-refractivity contribution is 5.17. The van der Waals surface area contributed by atoms with Gasteiger partial charge in [0, 0.05) is 0 Å². The predicted molar refractivity (Wildman–Crippen MR) is 54.9 cm³/mol. The molecule has 0 aromatic carbocycles. The summed E-state index contributed by atoms with van der Waals surface area (Å²) in [6, 6.07) is 0. The molecular formula is C11H18N2. The van der Waals surface area contributed by atoms with Crippen LogP contribution in [0, 0.1) is 20.8 Å². The molecule has 0 unspecified atom stereocenters. The molecule has 1 heterocycles. The van der Waals surface area contributed by atoms with Gasteiger partial charge in [-0.2, -0.15) is 0 Å². The molecular weight excluding hydrogens is 160 g/mol. The maximum atomic E-state index is 4.55. The largest absolute Gasteiger partial charge is 0.255 e. The van der Waals surface area contributed by atoms with Crippen molar-refractivity contribution in [2.75, 3.05) is 0 Å². The van der Waals surface area contributed by atoms with Crippen LogP contribution in [-0.4, -0.2) is 9.97 Å². The monoisotopic (exact) mass is 178 g/mol. The van der Waals surface area contributed by atoms with Crippen molar-refractivity contribution < 1.29 is 0 Å². The van der Waals surface area contributed by atoms with Gasteiger partial charge in [0.2, 0.25) is 0 Å². The summed E-state index contributed by atoms with van der Waals surface area (Å²) in [5.74, 6) is 0. The van der Waals surface area contributed by atoms with E-state index in [2.05, 4.69) is 16.9 Å². The number of nitrogens with zero attached hydrogens (tertiary/aromatic N) is 2. The third-order valence-electron chi connectivity index (χ3n) is 2.35. The first kappa shape index (κ1) is 10.2. The number of hydrogen-bond donors (Lipinski definition) is 0. The maximum absolute atomic E-state index is 4.55. The minimum Gasteiger partial charge on any atom is -0.255 e. The van der Waals surface area contributed by atoms with Gasteiger partial charge in [-0.05, 0) is 33.6 Å². The van der Waals surface area contributed by atoms with E-state index in [0.717, 1.165) is 23.5 Å². The summed E-state index contributed by atoms with van der Waals surface area (Å²) < 4.78 is 0. The number of hydrogen-bond acceptors (Lipinski definition) is 2. The second-order valence-electron chi connectivity index (χ2n) is 3.53. The van der Waals surface area contributed by atoms with Gasteiger partial charge >= 0.3 is 0 Å². The molecule has 2 heteroatoms. The van der Waals surface area contributed by atoms with E-state index in [9.17, 15) is 0 Å². The zero-order chi connectivity index (χ0) is 9.84. The molecule has 2 nitrogen and oxygen atoms in total. The molecule has 0 spiro atoms. The van der Waals surface area contributed by atoms with E-state index in [1.807, 2.05) is 20.8 Å². The molecule has 13 heavy (non-hydrogen) atoms. The molecule has 0 aliphatic heterocycles. The molecule has 0 saturated carbocycles. The van der Waals surface area contributed by atoms with Crippen molar-refractivity contribution >= 4 is 0 Å². The fraction of sp³-hybridized carbons (Fsp3) is 0.636. The number of unbranched alkanes of at least 4 members (excludes halogenated alkanes) is 1. The smallest absolute Gasteiger partial charge is 0.0619 e. The summed E-state index contributed by atoms with van der Waals surface area (Å²) in [7, 11) is 0. The lowest BCUT2D eigenvalue weighted by atomic mass is 10.1. The van der Waals surface area contributed by atoms with Crippen LogP contribution in [0.1, 0.15) is 42.5 Å². The van der Waals surface area contributed by atoms with Gasteiger partial charge in [-0.25, -0.2) is 0 Å². The zero-order valence-electron chi connectivity index (χ0n) is 9.02. The fourth-order valence-electron chi connectivity index (χ4n) is 1.34. The van der Waals surface area contributed by atoms with Crippen LogP contribution in [0.25, 0.3) is 0 Å². The Balaban J connectivity index is 2.88. The molecule has 0 aliphatic carbocycles. The van der Waals surface area contributed by atoms with E-state index in [1.165, 1.54) is 18.5 Å². The summed E-state index contributed by atoms with van der Waals surface area (Å²) in [6.07, 6.45) is 3.49. The molecule has 72 valence electrons. The van der Waals surface area contributed by atoms with Crippen molar-refractivity contribution in [3.8, 4) is 0 Å². The lowest BCUT2D eigenvalue weighted by Gasteiger charge is -2.06. The van der Waals surface area contributed by atoms with Crippen LogP contribution in [-0.2, 0) is 6.42 Å². The van der Waals surface area contributed by atoms with Crippen LogP contribution in [0.15, 0.2) is 0 Å². The quantitative estimate of drug-likeness (QED) is 0.711. The summed E-state index contributed by atoms with van der Waals surface area (Å²) in [5, 5.41) is 0. The van der Waals surface area contributed by atoms with E-state index >= 15 is 0 Å². The molecule has 0 bridgehead atoms. The fourth-order valence-corrected chi connectivity index (χ4v) is 1.34. The summed E-state index contributed by atoms with van der Waals surface area (Å²) in [6.45, 7) is 8.28. The Hall–Kier alpha value is -0.920. The highest BCUT2D eigenvalue weighted by atomic mass is 14.8. The normalized spacial score (nSPS) is 10.5. The summed E-state index contributed by atoms with van der Waals surface area (Å²) in [5.41, 5.74) is 4.39. The highest BCUT2D eigenvalue weighted by Crippen LogP contribution is 2.09.